The van der Waals surface area contributed by atoms with Gasteiger partial charge in [0, 0.05) is 18.8 Å². The lowest BCUT2D eigenvalue weighted by Crippen LogP contribution is -2.29. The Morgan fingerprint density at radius 3 is 3.06 bits per heavy atom. The fourth-order valence-electron chi connectivity index (χ4n) is 1.52. The van der Waals surface area contributed by atoms with Gasteiger partial charge in [-0.1, -0.05) is 0 Å². The maximum absolute atomic E-state index is 13.6. The minimum atomic E-state index is -0.647. The lowest BCUT2D eigenvalue weighted by molar-refractivity contribution is -0.385. The molecule has 1 aliphatic rings. The van der Waals surface area contributed by atoms with Gasteiger partial charge in [-0.2, -0.15) is 0 Å². The first-order valence-corrected chi connectivity index (χ1v) is 5.85. The van der Waals surface area contributed by atoms with Gasteiger partial charge in [0.25, 0.3) is 5.69 Å². The summed E-state index contributed by atoms with van der Waals surface area (Å²) in [6, 6.07) is 0.928. The Balaban J connectivity index is 2.24. The predicted molar refractivity (Wildman–Crippen MR) is 58.9 cm³/mol. The number of halogens is 1. The summed E-state index contributed by atoms with van der Waals surface area (Å²) in [6.07, 6.45) is 1.10. The molecule has 0 bridgehead atoms. The summed E-state index contributed by atoms with van der Waals surface area (Å²) in [5.74, 6) is 0.290. The van der Waals surface area contributed by atoms with E-state index in [1.807, 2.05) is 0 Å². The number of thioether (sulfide) groups is 1. The van der Waals surface area contributed by atoms with E-state index in [4.69, 9.17) is 0 Å². The van der Waals surface area contributed by atoms with E-state index in [1.165, 1.54) is 0 Å². The minimum Gasteiger partial charge on any atom is -0.314 e. The smallest absolute Gasteiger partial charge is 0.290 e. The van der Waals surface area contributed by atoms with E-state index in [9.17, 15) is 14.5 Å². The molecule has 0 radical (unpaired) electrons. The van der Waals surface area contributed by atoms with Crippen molar-refractivity contribution in [2.75, 3.05) is 18.8 Å². The van der Waals surface area contributed by atoms with E-state index < -0.39 is 10.7 Å². The molecule has 1 aromatic rings. The highest BCUT2D eigenvalue weighted by Crippen LogP contribution is 2.31. The van der Waals surface area contributed by atoms with Gasteiger partial charge in [-0.3, -0.25) is 10.1 Å². The summed E-state index contributed by atoms with van der Waals surface area (Å²) >= 11 is 1.61. The average Bonchev–Trinajstić information content (AvgIpc) is 2.30. The van der Waals surface area contributed by atoms with Crippen molar-refractivity contribution in [1.29, 1.82) is 0 Å². The first kappa shape index (κ1) is 11.3. The van der Waals surface area contributed by atoms with Crippen molar-refractivity contribution >= 4 is 17.4 Å². The Bertz CT molecular complexity index is 410. The second-order valence-electron chi connectivity index (χ2n) is 3.38. The van der Waals surface area contributed by atoms with Crippen molar-refractivity contribution in [2.24, 2.45) is 0 Å². The molecule has 1 N–H and O–H groups in total. The molecule has 0 aromatic carbocycles. The van der Waals surface area contributed by atoms with Crippen LogP contribution in [0.5, 0.6) is 0 Å². The average molecular weight is 243 g/mol. The monoisotopic (exact) mass is 243 g/mol. The first-order valence-electron chi connectivity index (χ1n) is 4.80. The van der Waals surface area contributed by atoms with Gasteiger partial charge in [-0.05, 0) is 0 Å². The Labute approximate surface area is 95.6 Å². The molecule has 2 heterocycles. The number of nitro groups is 1. The lowest BCUT2D eigenvalue weighted by Gasteiger charge is -2.21. The van der Waals surface area contributed by atoms with Crippen LogP contribution < -0.4 is 5.32 Å². The summed E-state index contributed by atoms with van der Waals surface area (Å²) in [7, 11) is 0. The number of hydrogen-bond acceptors (Lipinski definition) is 5. The Morgan fingerprint density at radius 2 is 2.50 bits per heavy atom. The van der Waals surface area contributed by atoms with Crippen molar-refractivity contribution in [3.63, 3.8) is 0 Å². The first-order chi connectivity index (χ1) is 7.68. The van der Waals surface area contributed by atoms with Crippen LogP contribution in [0, 0.1) is 15.9 Å². The molecule has 1 unspecified atom stereocenters. The highest BCUT2D eigenvalue weighted by atomic mass is 32.2. The van der Waals surface area contributed by atoms with Crippen LogP contribution >= 0.6 is 11.8 Å². The fraction of sp³-hybridized carbons (Fsp3) is 0.444. The third kappa shape index (κ3) is 2.30. The molecule has 1 fully saturated rings. The molecule has 1 atom stereocenters. The molecule has 1 aliphatic heterocycles. The number of nitrogens with zero attached hydrogens (tertiary/aromatic N) is 2. The third-order valence-electron chi connectivity index (χ3n) is 2.30. The Kier molecular flexibility index (Phi) is 3.35. The molecule has 1 aromatic heterocycles. The molecular formula is C9H10FN3O2S. The van der Waals surface area contributed by atoms with Crippen LogP contribution in [0.4, 0.5) is 10.1 Å². The number of rotatable bonds is 2. The van der Waals surface area contributed by atoms with Crippen LogP contribution in [0.2, 0.25) is 0 Å². The highest BCUT2D eigenvalue weighted by molar-refractivity contribution is 7.99. The molecule has 5 nitrogen and oxygen atoms in total. The van der Waals surface area contributed by atoms with Gasteiger partial charge < -0.3 is 5.32 Å². The summed E-state index contributed by atoms with van der Waals surface area (Å²) in [5, 5.41) is 13.5. The van der Waals surface area contributed by atoms with Gasteiger partial charge in [0.05, 0.1) is 21.9 Å². The molecule has 1 saturated heterocycles. The summed E-state index contributed by atoms with van der Waals surface area (Å²) < 4.78 is 13.6. The SMILES string of the molecule is O=[N+]([O-])c1cnc(C2CNCCS2)c(F)c1. The standard InChI is InChI=1S/C9H10FN3O2S/c10-7-3-6(13(14)15)4-12-9(7)8-5-11-1-2-16-8/h3-4,8,11H,1-2,5H2. The van der Waals surface area contributed by atoms with Gasteiger partial charge in [-0.25, -0.2) is 9.37 Å². The topological polar surface area (TPSA) is 68.1 Å². The van der Waals surface area contributed by atoms with Gasteiger partial charge in [0.15, 0.2) is 5.82 Å². The van der Waals surface area contributed by atoms with E-state index in [1.54, 1.807) is 11.8 Å². The summed E-state index contributed by atoms with van der Waals surface area (Å²) in [5.41, 5.74) is -0.0159. The fourth-order valence-corrected chi connectivity index (χ4v) is 2.63. The van der Waals surface area contributed by atoms with Crippen LogP contribution in [0.25, 0.3) is 0 Å². The highest BCUT2D eigenvalue weighted by Gasteiger charge is 2.22. The van der Waals surface area contributed by atoms with Crippen LogP contribution in [-0.4, -0.2) is 28.7 Å². The van der Waals surface area contributed by atoms with Crippen molar-refractivity contribution in [1.82, 2.24) is 10.3 Å². The van der Waals surface area contributed by atoms with Crippen LogP contribution in [0.1, 0.15) is 10.9 Å². The number of hydrogen-bond donors (Lipinski definition) is 1. The third-order valence-corrected chi connectivity index (χ3v) is 3.53. The maximum Gasteiger partial charge on any atom is 0.290 e. The van der Waals surface area contributed by atoms with E-state index in [0.717, 1.165) is 24.6 Å². The van der Waals surface area contributed by atoms with E-state index in [2.05, 4.69) is 10.3 Å². The zero-order chi connectivity index (χ0) is 11.5. The second-order valence-corrected chi connectivity index (χ2v) is 4.69. The van der Waals surface area contributed by atoms with Gasteiger partial charge >= 0.3 is 0 Å². The number of aromatic nitrogens is 1. The zero-order valence-electron chi connectivity index (χ0n) is 8.35. The lowest BCUT2D eigenvalue weighted by atomic mass is 10.2. The molecule has 0 aliphatic carbocycles. The van der Waals surface area contributed by atoms with Gasteiger partial charge in [0.1, 0.15) is 6.20 Å². The zero-order valence-corrected chi connectivity index (χ0v) is 9.17. The molecular weight excluding hydrogens is 233 g/mol. The molecule has 2 rings (SSSR count). The van der Waals surface area contributed by atoms with Crippen LogP contribution in [0.15, 0.2) is 12.3 Å². The van der Waals surface area contributed by atoms with E-state index in [-0.39, 0.29) is 10.9 Å². The second kappa shape index (κ2) is 4.75. The number of nitrogens with one attached hydrogen (secondary N) is 1. The predicted octanol–water partition coefficient (Wildman–Crippen LogP) is 1.51. The van der Waals surface area contributed by atoms with E-state index in [0.29, 0.717) is 12.2 Å². The quantitative estimate of drug-likeness (QED) is 0.630. The van der Waals surface area contributed by atoms with Gasteiger partial charge in [-0.15, -0.1) is 11.8 Å². The number of pyridine rings is 1. The molecule has 0 saturated carbocycles. The van der Waals surface area contributed by atoms with Crippen molar-refractivity contribution in [3.8, 4) is 0 Å². The van der Waals surface area contributed by atoms with Crippen LogP contribution in [0.3, 0.4) is 0 Å². The molecule has 86 valence electrons. The Hall–Kier alpha value is -1.21. The van der Waals surface area contributed by atoms with Crippen LogP contribution in [-0.2, 0) is 0 Å². The molecule has 0 spiro atoms. The van der Waals surface area contributed by atoms with Crippen molar-refractivity contribution in [2.45, 2.75) is 5.25 Å². The maximum atomic E-state index is 13.6. The minimum absolute atomic E-state index is 0.0606. The molecule has 16 heavy (non-hydrogen) atoms. The van der Waals surface area contributed by atoms with Gasteiger partial charge in [0.2, 0.25) is 0 Å². The van der Waals surface area contributed by atoms with Crippen molar-refractivity contribution in [3.05, 3.63) is 33.9 Å². The normalized spacial score (nSPS) is 20.7. The summed E-state index contributed by atoms with van der Waals surface area (Å²) in [4.78, 5) is 13.6. The Morgan fingerprint density at radius 1 is 1.69 bits per heavy atom. The summed E-state index contributed by atoms with van der Waals surface area (Å²) in [6.45, 7) is 1.54. The molecule has 7 heteroatoms. The van der Waals surface area contributed by atoms with E-state index >= 15 is 0 Å². The molecule has 0 amide bonds. The van der Waals surface area contributed by atoms with Crippen molar-refractivity contribution < 1.29 is 9.31 Å². The largest absolute Gasteiger partial charge is 0.314 e.